The topological polar surface area (TPSA) is 151 Å². The number of fused-ring (bicyclic) bond motifs is 1. The van der Waals surface area contributed by atoms with Crippen molar-refractivity contribution in [3.63, 3.8) is 0 Å². The van der Waals surface area contributed by atoms with Crippen LogP contribution in [-0.2, 0) is 4.79 Å². The van der Waals surface area contributed by atoms with E-state index in [1.54, 1.807) is 16.6 Å². The molecule has 1 atom stereocenters. The third-order valence-corrected chi connectivity index (χ3v) is 7.70. The molecule has 2 amide bonds. The van der Waals surface area contributed by atoms with E-state index >= 15 is 0 Å². The molecule has 212 valence electrons. The van der Waals surface area contributed by atoms with Crippen molar-refractivity contribution >= 4 is 46.3 Å². The Morgan fingerprint density at radius 1 is 0.927 bits per heavy atom. The molecular weight excluding hydrogens is 542 g/mol. The first kappa shape index (κ1) is 27.0. The predicted octanol–water partition coefficient (Wildman–Crippen LogP) is 4.14. The van der Waals surface area contributed by atoms with Crippen molar-refractivity contribution in [3.05, 3.63) is 77.3 Å². The quantitative estimate of drug-likeness (QED) is 0.187. The van der Waals surface area contributed by atoms with Crippen LogP contribution < -0.4 is 27.0 Å². The number of nitrogens with zero attached hydrogens (tertiary/aromatic N) is 4. The molecule has 2 fully saturated rings. The van der Waals surface area contributed by atoms with Crippen LogP contribution in [0.25, 0.3) is 5.65 Å². The summed E-state index contributed by atoms with van der Waals surface area (Å²) in [7, 11) is 0. The molecule has 0 bridgehead atoms. The monoisotopic (exact) mass is 573 g/mol. The van der Waals surface area contributed by atoms with Gasteiger partial charge >= 0.3 is 0 Å². The maximum Gasteiger partial charge on any atom is 0.276 e. The van der Waals surface area contributed by atoms with Crippen LogP contribution in [0.3, 0.4) is 0 Å². The smallest absolute Gasteiger partial charge is 0.276 e. The fourth-order valence-electron chi connectivity index (χ4n) is 5.12. The first-order chi connectivity index (χ1) is 19.9. The zero-order valence-electron chi connectivity index (χ0n) is 22.4. The first-order valence-corrected chi connectivity index (χ1v) is 14.3. The minimum absolute atomic E-state index is 0.0727. The Morgan fingerprint density at radius 3 is 2.37 bits per heavy atom. The average molecular weight is 574 g/mol. The zero-order chi connectivity index (χ0) is 28.3. The van der Waals surface area contributed by atoms with E-state index < -0.39 is 6.04 Å². The number of hydrogen-bond acceptors (Lipinski definition) is 8. The summed E-state index contributed by atoms with van der Waals surface area (Å²) in [5, 5.41) is 18.1. The van der Waals surface area contributed by atoms with Gasteiger partial charge in [0.1, 0.15) is 17.0 Å². The molecule has 0 radical (unpaired) electrons. The van der Waals surface area contributed by atoms with Gasteiger partial charge in [-0.25, -0.2) is 14.5 Å². The van der Waals surface area contributed by atoms with E-state index in [-0.39, 0.29) is 29.1 Å². The molecule has 1 aromatic carbocycles. The number of anilines is 3. The third-order valence-electron chi connectivity index (χ3n) is 7.49. The maximum atomic E-state index is 13.2. The highest BCUT2D eigenvalue weighted by atomic mass is 35.5. The lowest BCUT2D eigenvalue weighted by atomic mass is 9.90. The Balaban J connectivity index is 1.13. The number of nitrogens with two attached hydrogens (primary N) is 1. The molecular formula is C29H32ClN9O2. The SMILES string of the molecule is N[C@@H](C(=O)NC1CCC(Nc2cc(NC3CC3)c3ncc(C(=O)Nc4ccnc(Cl)c4)n3n2)CC1)c1ccccc1. The molecule has 0 aliphatic heterocycles. The fraction of sp³-hybridized carbons (Fsp3) is 0.345. The van der Waals surface area contributed by atoms with Gasteiger partial charge in [0.25, 0.3) is 5.91 Å². The molecule has 0 saturated heterocycles. The summed E-state index contributed by atoms with van der Waals surface area (Å²) in [5.41, 5.74) is 9.22. The lowest BCUT2D eigenvalue weighted by Crippen LogP contribution is -2.44. The van der Waals surface area contributed by atoms with E-state index in [1.165, 1.54) is 12.4 Å². The van der Waals surface area contributed by atoms with Crippen LogP contribution in [0.2, 0.25) is 5.15 Å². The second-order valence-electron chi connectivity index (χ2n) is 10.7. The number of aromatic nitrogens is 4. The number of pyridine rings is 1. The van der Waals surface area contributed by atoms with Crippen molar-refractivity contribution < 1.29 is 9.59 Å². The van der Waals surface area contributed by atoms with Crippen LogP contribution in [0, 0.1) is 0 Å². The summed E-state index contributed by atoms with van der Waals surface area (Å²) in [5.74, 6) is 0.139. The van der Waals surface area contributed by atoms with Crippen molar-refractivity contribution in [3.8, 4) is 0 Å². The van der Waals surface area contributed by atoms with Gasteiger partial charge in [0.15, 0.2) is 11.3 Å². The van der Waals surface area contributed by atoms with E-state index in [1.807, 2.05) is 36.4 Å². The summed E-state index contributed by atoms with van der Waals surface area (Å²) in [6.45, 7) is 0. The van der Waals surface area contributed by atoms with E-state index in [4.69, 9.17) is 22.4 Å². The van der Waals surface area contributed by atoms with Crippen molar-refractivity contribution in [1.82, 2.24) is 24.9 Å². The standard InChI is InChI=1S/C29H32ClN9O2/c30-24-14-21(12-13-32-24)37-28(40)23-16-33-27-22(34-18-6-7-18)15-25(38-39(23)27)35-19-8-10-20(11-9-19)36-29(41)26(31)17-4-2-1-3-5-17/h1-5,12-16,18-20,26,34H,6-11,31H2,(H,35,38)(H,36,41)(H,32,37,40)/t19?,20?,26-/m1/s1. The number of rotatable bonds is 9. The van der Waals surface area contributed by atoms with E-state index in [2.05, 4.69) is 31.2 Å². The highest BCUT2D eigenvalue weighted by molar-refractivity contribution is 6.29. The highest BCUT2D eigenvalue weighted by Gasteiger charge is 2.27. The molecule has 0 unspecified atom stereocenters. The lowest BCUT2D eigenvalue weighted by molar-refractivity contribution is -0.123. The van der Waals surface area contributed by atoms with Crippen LogP contribution in [0.15, 0.2) is 60.9 Å². The van der Waals surface area contributed by atoms with Crippen LogP contribution in [0.5, 0.6) is 0 Å². The molecule has 11 nitrogen and oxygen atoms in total. The number of nitrogens with one attached hydrogen (secondary N) is 4. The lowest BCUT2D eigenvalue weighted by Gasteiger charge is -2.30. The Kier molecular flexibility index (Phi) is 7.71. The van der Waals surface area contributed by atoms with E-state index in [9.17, 15) is 9.59 Å². The number of benzene rings is 1. The highest BCUT2D eigenvalue weighted by Crippen LogP contribution is 2.30. The van der Waals surface area contributed by atoms with Gasteiger partial charge in [-0.05, 0) is 56.2 Å². The van der Waals surface area contributed by atoms with Gasteiger partial charge < -0.3 is 27.0 Å². The number of imidazole rings is 1. The molecule has 3 heterocycles. The summed E-state index contributed by atoms with van der Waals surface area (Å²) < 4.78 is 1.57. The molecule has 6 N–H and O–H groups in total. The molecule has 4 aromatic rings. The minimum Gasteiger partial charge on any atom is -0.379 e. The van der Waals surface area contributed by atoms with Crippen LogP contribution >= 0.6 is 11.6 Å². The predicted molar refractivity (Wildman–Crippen MR) is 158 cm³/mol. The normalized spacial score (nSPS) is 19.4. The third kappa shape index (κ3) is 6.41. The van der Waals surface area contributed by atoms with Crippen molar-refractivity contribution in [2.75, 3.05) is 16.0 Å². The number of hydrogen-bond donors (Lipinski definition) is 5. The molecule has 2 aliphatic carbocycles. The summed E-state index contributed by atoms with van der Waals surface area (Å²) in [6, 6.07) is 14.6. The molecule has 12 heteroatoms. The van der Waals surface area contributed by atoms with Crippen LogP contribution in [0.1, 0.15) is 60.6 Å². The van der Waals surface area contributed by atoms with Gasteiger partial charge in [0.2, 0.25) is 5.91 Å². The van der Waals surface area contributed by atoms with Crippen molar-refractivity contribution in [2.45, 2.75) is 62.7 Å². The average Bonchev–Trinajstić information content (AvgIpc) is 3.69. The minimum atomic E-state index is -0.683. The van der Waals surface area contributed by atoms with Crippen LogP contribution in [-0.4, -0.2) is 49.5 Å². The van der Waals surface area contributed by atoms with Gasteiger partial charge in [-0.2, -0.15) is 0 Å². The first-order valence-electron chi connectivity index (χ1n) is 13.9. The van der Waals surface area contributed by atoms with Crippen LogP contribution in [0.4, 0.5) is 17.2 Å². The molecule has 2 saturated carbocycles. The molecule has 41 heavy (non-hydrogen) atoms. The summed E-state index contributed by atoms with van der Waals surface area (Å²) >= 11 is 5.97. The Morgan fingerprint density at radius 2 is 1.63 bits per heavy atom. The number of carbonyl (C=O) groups is 2. The second kappa shape index (κ2) is 11.7. The molecule has 2 aliphatic rings. The van der Waals surface area contributed by atoms with Crippen molar-refractivity contribution in [1.29, 1.82) is 0 Å². The fourth-order valence-corrected chi connectivity index (χ4v) is 5.29. The van der Waals surface area contributed by atoms with Gasteiger partial charge in [0.05, 0.1) is 11.9 Å². The largest absolute Gasteiger partial charge is 0.379 e. The Hall–Kier alpha value is -4.22. The summed E-state index contributed by atoms with van der Waals surface area (Å²) in [4.78, 5) is 34.3. The Labute approximate surface area is 242 Å². The van der Waals surface area contributed by atoms with Crippen molar-refractivity contribution in [2.24, 2.45) is 5.73 Å². The number of halogens is 1. The Bertz CT molecular complexity index is 1550. The molecule has 3 aromatic heterocycles. The number of carbonyl (C=O) groups excluding carboxylic acids is 2. The van der Waals surface area contributed by atoms with Gasteiger partial charge in [-0.1, -0.05) is 41.9 Å². The summed E-state index contributed by atoms with van der Waals surface area (Å²) in [6.07, 6.45) is 8.61. The van der Waals surface area contributed by atoms with E-state index in [0.717, 1.165) is 49.8 Å². The zero-order valence-corrected chi connectivity index (χ0v) is 23.1. The second-order valence-corrected chi connectivity index (χ2v) is 11.0. The number of amides is 2. The van der Waals surface area contributed by atoms with Gasteiger partial charge in [-0.3, -0.25) is 9.59 Å². The molecule has 6 rings (SSSR count). The van der Waals surface area contributed by atoms with E-state index in [0.29, 0.717) is 28.9 Å². The van der Waals surface area contributed by atoms with Gasteiger partial charge in [0, 0.05) is 36.1 Å². The molecule has 0 spiro atoms. The van der Waals surface area contributed by atoms with Gasteiger partial charge in [-0.15, -0.1) is 5.10 Å². The maximum absolute atomic E-state index is 13.2.